The summed E-state index contributed by atoms with van der Waals surface area (Å²) in [4.78, 5) is 2.56. The van der Waals surface area contributed by atoms with E-state index in [4.69, 9.17) is 4.42 Å². The van der Waals surface area contributed by atoms with Gasteiger partial charge in [0, 0.05) is 19.8 Å². The van der Waals surface area contributed by atoms with Gasteiger partial charge in [0.2, 0.25) is 0 Å². The molecule has 0 aliphatic heterocycles. The highest BCUT2D eigenvalue weighted by Gasteiger charge is 2.19. The van der Waals surface area contributed by atoms with Crippen LogP contribution in [0.3, 0.4) is 0 Å². The second-order valence-corrected chi connectivity index (χ2v) is 6.29. The van der Waals surface area contributed by atoms with E-state index in [-0.39, 0.29) is 6.04 Å². The zero-order valence-corrected chi connectivity index (χ0v) is 12.9. The van der Waals surface area contributed by atoms with Gasteiger partial charge in [-0.3, -0.25) is 0 Å². The van der Waals surface area contributed by atoms with Crippen LogP contribution >= 0.6 is 43.2 Å². The molecule has 1 atom stereocenters. The van der Waals surface area contributed by atoms with E-state index in [1.807, 2.05) is 13.1 Å². The molecule has 0 saturated heterocycles. The van der Waals surface area contributed by atoms with Gasteiger partial charge >= 0.3 is 0 Å². The second kappa shape index (κ2) is 5.04. The third kappa shape index (κ3) is 2.27. The van der Waals surface area contributed by atoms with E-state index >= 15 is 0 Å². The summed E-state index contributed by atoms with van der Waals surface area (Å²) in [6.07, 6.45) is 1.69. The molecule has 2 rings (SSSR count). The first-order chi connectivity index (χ1) is 7.63. The van der Waals surface area contributed by atoms with Crippen molar-refractivity contribution in [3.05, 3.63) is 42.9 Å². The van der Waals surface area contributed by atoms with Crippen molar-refractivity contribution in [1.29, 1.82) is 0 Å². The number of hydrogen-bond donors (Lipinski definition) is 1. The van der Waals surface area contributed by atoms with Crippen LogP contribution in [0.15, 0.2) is 32.0 Å². The molecule has 0 aliphatic carbocycles. The van der Waals surface area contributed by atoms with E-state index in [9.17, 15) is 0 Å². The van der Waals surface area contributed by atoms with E-state index in [0.717, 1.165) is 14.7 Å². The van der Waals surface area contributed by atoms with Crippen molar-refractivity contribution in [1.82, 2.24) is 5.32 Å². The standard InChI is InChI=1S/C11H11Br2NOS/c1-6-8(12)5-9(16-6)10(14-2)7-3-4-15-11(7)13/h3-5,10,14H,1-2H3. The molecule has 0 aliphatic rings. The molecule has 1 unspecified atom stereocenters. The van der Waals surface area contributed by atoms with Crippen molar-refractivity contribution in [2.75, 3.05) is 7.05 Å². The lowest BCUT2D eigenvalue weighted by molar-refractivity contribution is 0.531. The van der Waals surface area contributed by atoms with Gasteiger partial charge in [-0.2, -0.15) is 0 Å². The zero-order chi connectivity index (χ0) is 11.7. The van der Waals surface area contributed by atoms with Gasteiger partial charge in [0.1, 0.15) is 0 Å². The predicted molar refractivity (Wildman–Crippen MR) is 74.1 cm³/mol. The van der Waals surface area contributed by atoms with Crippen molar-refractivity contribution >= 4 is 43.2 Å². The molecule has 16 heavy (non-hydrogen) atoms. The fourth-order valence-corrected chi connectivity index (χ4v) is 3.74. The van der Waals surface area contributed by atoms with Crippen molar-refractivity contribution in [3.8, 4) is 0 Å². The minimum atomic E-state index is 0.170. The molecule has 86 valence electrons. The molecule has 0 amide bonds. The SMILES string of the molecule is CNC(c1cc(Br)c(C)s1)c1ccoc1Br. The van der Waals surface area contributed by atoms with Crippen LogP contribution in [0.1, 0.15) is 21.4 Å². The molecule has 1 N–H and O–H groups in total. The molecule has 2 aromatic rings. The first-order valence-corrected chi connectivity index (χ1v) is 7.19. The maximum atomic E-state index is 5.28. The average molecular weight is 365 g/mol. The molecule has 2 heterocycles. The van der Waals surface area contributed by atoms with E-state index in [0.29, 0.717) is 0 Å². The Kier molecular flexibility index (Phi) is 3.89. The zero-order valence-electron chi connectivity index (χ0n) is 8.88. The molecule has 0 aromatic carbocycles. The second-order valence-electron chi connectivity index (χ2n) is 3.42. The van der Waals surface area contributed by atoms with Crippen molar-refractivity contribution < 1.29 is 4.42 Å². The lowest BCUT2D eigenvalue weighted by atomic mass is 10.1. The molecule has 5 heteroatoms. The number of nitrogens with one attached hydrogen (secondary N) is 1. The largest absolute Gasteiger partial charge is 0.457 e. The molecule has 0 bridgehead atoms. The van der Waals surface area contributed by atoms with Crippen molar-refractivity contribution in [3.63, 3.8) is 0 Å². The van der Waals surface area contributed by atoms with E-state index in [1.54, 1.807) is 17.6 Å². The van der Waals surface area contributed by atoms with Gasteiger partial charge in [-0.05, 0) is 58.0 Å². The number of thiophene rings is 1. The Balaban J connectivity index is 2.40. The van der Waals surface area contributed by atoms with Crippen molar-refractivity contribution in [2.45, 2.75) is 13.0 Å². The number of aryl methyl sites for hydroxylation is 1. The summed E-state index contributed by atoms with van der Waals surface area (Å²) in [5.41, 5.74) is 1.12. The van der Waals surface area contributed by atoms with Crippen LogP contribution in [-0.4, -0.2) is 7.05 Å². The van der Waals surface area contributed by atoms with Crippen LogP contribution in [-0.2, 0) is 0 Å². The Hall–Kier alpha value is -0.100. The third-order valence-corrected chi connectivity index (χ3v) is 5.25. The fraction of sp³-hybridized carbons (Fsp3) is 0.273. The predicted octanol–water partition coefficient (Wildman–Crippen LogP) is 4.48. The Labute approximate surface area is 115 Å². The summed E-state index contributed by atoms with van der Waals surface area (Å²) in [6.45, 7) is 2.11. The molecule has 0 saturated carbocycles. The van der Waals surface area contributed by atoms with Crippen LogP contribution in [0.2, 0.25) is 0 Å². The van der Waals surface area contributed by atoms with Gasteiger partial charge in [-0.15, -0.1) is 11.3 Å². The first-order valence-electron chi connectivity index (χ1n) is 4.79. The Morgan fingerprint density at radius 1 is 1.44 bits per heavy atom. The van der Waals surface area contributed by atoms with Gasteiger partial charge in [0.05, 0.1) is 12.3 Å². The van der Waals surface area contributed by atoms with Gasteiger partial charge < -0.3 is 9.73 Å². The molecule has 2 nitrogen and oxygen atoms in total. The number of hydrogen-bond acceptors (Lipinski definition) is 3. The molecule has 0 fully saturated rings. The topological polar surface area (TPSA) is 25.2 Å². The summed E-state index contributed by atoms with van der Waals surface area (Å²) in [7, 11) is 1.95. The van der Waals surface area contributed by atoms with Crippen molar-refractivity contribution in [2.24, 2.45) is 0 Å². The van der Waals surface area contributed by atoms with E-state index in [2.05, 4.69) is 50.2 Å². The fourth-order valence-electron chi connectivity index (χ4n) is 1.59. The van der Waals surface area contributed by atoms with Crippen LogP contribution in [0.4, 0.5) is 0 Å². The Bertz CT molecular complexity index is 472. The highest BCUT2D eigenvalue weighted by atomic mass is 79.9. The van der Waals surface area contributed by atoms with Gasteiger partial charge in [0.25, 0.3) is 0 Å². The summed E-state index contributed by atoms with van der Waals surface area (Å²) in [5, 5.41) is 3.30. The summed E-state index contributed by atoms with van der Waals surface area (Å²) >= 11 is 8.74. The minimum Gasteiger partial charge on any atom is -0.457 e. The first kappa shape index (κ1) is 12.4. The highest BCUT2D eigenvalue weighted by molar-refractivity contribution is 9.10. The quantitative estimate of drug-likeness (QED) is 0.868. The van der Waals surface area contributed by atoms with Crippen LogP contribution < -0.4 is 5.32 Å². The average Bonchev–Trinajstić information content (AvgIpc) is 2.78. The number of rotatable bonds is 3. The molecule has 0 spiro atoms. The molecular formula is C11H11Br2NOS. The van der Waals surface area contributed by atoms with E-state index in [1.165, 1.54) is 9.75 Å². The van der Waals surface area contributed by atoms with Crippen LogP contribution in [0.5, 0.6) is 0 Å². The van der Waals surface area contributed by atoms with Gasteiger partial charge in [0.15, 0.2) is 4.67 Å². The lowest BCUT2D eigenvalue weighted by Gasteiger charge is -2.12. The van der Waals surface area contributed by atoms with Crippen LogP contribution in [0.25, 0.3) is 0 Å². The Morgan fingerprint density at radius 2 is 2.19 bits per heavy atom. The minimum absolute atomic E-state index is 0.170. The number of halogens is 2. The summed E-state index contributed by atoms with van der Waals surface area (Å²) in [6, 6.07) is 4.30. The van der Waals surface area contributed by atoms with E-state index < -0.39 is 0 Å². The van der Waals surface area contributed by atoms with Gasteiger partial charge in [-0.25, -0.2) is 0 Å². The van der Waals surface area contributed by atoms with Gasteiger partial charge in [-0.1, -0.05) is 0 Å². The monoisotopic (exact) mass is 363 g/mol. The smallest absolute Gasteiger partial charge is 0.174 e. The Morgan fingerprint density at radius 3 is 2.62 bits per heavy atom. The summed E-state index contributed by atoms with van der Waals surface area (Å²) < 4.78 is 7.22. The maximum absolute atomic E-state index is 5.28. The molecular weight excluding hydrogens is 354 g/mol. The highest BCUT2D eigenvalue weighted by Crippen LogP contribution is 2.36. The third-order valence-electron chi connectivity index (χ3n) is 2.41. The molecule has 0 radical (unpaired) electrons. The lowest BCUT2D eigenvalue weighted by Crippen LogP contribution is -2.16. The summed E-state index contributed by atoms with van der Waals surface area (Å²) in [5.74, 6) is 0. The maximum Gasteiger partial charge on any atom is 0.174 e. The normalized spacial score (nSPS) is 13.0. The number of furan rings is 1. The van der Waals surface area contributed by atoms with Crippen LogP contribution in [0, 0.1) is 6.92 Å². The molecule has 2 aromatic heterocycles.